The standard InChI is InChI=1S/C16H24N4O3/c17-14-9-13(3-4-18-14)15(21)20-7-8-23-12-16(22,11-20)10-19-5-1-2-6-19/h3-4,9,22H,1-2,5-8,10-12H2,(H2,17,18)/t16-/m1/s1. The quantitative estimate of drug-likeness (QED) is 0.812. The predicted octanol–water partition coefficient (Wildman–Crippen LogP) is -0.0369. The van der Waals surface area contributed by atoms with E-state index < -0.39 is 5.60 Å². The van der Waals surface area contributed by atoms with Crippen LogP contribution in [0.4, 0.5) is 5.82 Å². The zero-order valence-electron chi connectivity index (χ0n) is 13.3. The van der Waals surface area contributed by atoms with Crippen LogP contribution in [-0.2, 0) is 4.74 Å². The lowest BCUT2D eigenvalue weighted by Gasteiger charge is -2.34. The molecule has 3 rings (SSSR count). The van der Waals surface area contributed by atoms with Crippen molar-refractivity contribution in [2.75, 3.05) is 51.7 Å². The second-order valence-corrected chi connectivity index (χ2v) is 6.46. The lowest BCUT2D eigenvalue weighted by atomic mass is 10.0. The van der Waals surface area contributed by atoms with Gasteiger partial charge in [-0.05, 0) is 38.1 Å². The Morgan fingerprint density at radius 1 is 1.39 bits per heavy atom. The van der Waals surface area contributed by atoms with E-state index in [-0.39, 0.29) is 19.1 Å². The number of nitrogens with zero attached hydrogens (tertiary/aromatic N) is 3. The molecule has 1 amide bonds. The van der Waals surface area contributed by atoms with E-state index in [1.807, 2.05) is 0 Å². The molecular formula is C16H24N4O3. The topological polar surface area (TPSA) is 91.9 Å². The van der Waals surface area contributed by atoms with E-state index >= 15 is 0 Å². The van der Waals surface area contributed by atoms with Crippen molar-refractivity contribution in [3.8, 4) is 0 Å². The highest BCUT2D eigenvalue weighted by Crippen LogP contribution is 2.19. The first kappa shape index (κ1) is 16.2. The van der Waals surface area contributed by atoms with Crippen molar-refractivity contribution in [2.45, 2.75) is 18.4 Å². The Bertz CT molecular complexity index is 562. The van der Waals surface area contributed by atoms with Gasteiger partial charge in [0, 0.05) is 24.8 Å². The molecule has 2 aliphatic heterocycles. The molecule has 2 aliphatic rings. The first-order chi connectivity index (χ1) is 11.1. The molecule has 23 heavy (non-hydrogen) atoms. The average Bonchev–Trinajstić information content (AvgIpc) is 2.94. The average molecular weight is 320 g/mol. The Morgan fingerprint density at radius 2 is 2.17 bits per heavy atom. The fourth-order valence-corrected chi connectivity index (χ4v) is 3.31. The molecule has 0 unspecified atom stereocenters. The molecule has 0 spiro atoms. The van der Waals surface area contributed by atoms with Crippen molar-refractivity contribution in [3.05, 3.63) is 23.9 Å². The number of aromatic nitrogens is 1. The number of aliphatic hydroxyl groups is 1. The van der Waals surface area contributed by atoms with Crippen molar-refractivity contribution in [3.63, 3.8) is 0 Å². The minimum Gasteiger partial charge on any atom is -0.384 e. The van der Waals surface area contributed by atoms with Crippen LogP contribution in [0.15, 0.2) is 18.3 Å². The predicted molar refractivity (Wildman–Crippen MR) is 86.0 cm³/mol. The zero-order valence-corrected chi connectivity index (χ0v) is 13.3. The molecule has 1 aromatic rings. The molecule has 0 radical (unpaired) electrons. The molecule has 0 aliphatic carbocycles. The molecule has 0 aromatic carbocycles. The molecular weight excluding hydrogens is 296 g/mol. The van der Waals surface area contributed by atoms with E-state index in [1.165, 1.54) is 6.20 Å². The fourth-order valence-electron chi connectivity index (χ4n) is 3.31. The molecule has 7 nitrogen and oxygen atoms in total. The summed E-state index contributed by atoms with van der Waals surface area (Å²) in [6, 6.07) is 3.21. The summed E-state index contributed by atoms with van der Waals surface area (Å²) in [5.41, 5.74) is 5.11. The normalized spacial score (nSPS) is 26.2. The van der Waals surface area contributed by atoms with E-state index in [0.29, 0.717) is 31.1 Å². The van der Waals surface area contributed by atoms with E-state index in [2.05, 4.69) is 9.88 Å². The second kappa shape index (κ2) is 6.82. The SMILES string of the molecule is Nc1cc(C(=O)N2CCOC[C@@](O)(CN3CCCC3)C2)ccn1. The number of amides is 1. The highest BCUT2D eigenvalue weighted by Gasteiger charge is 2.36. The number of anilines is 1. The maximum Gasteiger partial charge on any atom is 0.254 e. The van der Waals surface area contributed by atoms with Crippen molar-refractivity contribution in [2.24, 2.45) is 0 Å². The third kappa shape index (κ3) is 3.99. The monoisotopic (exact) mass is 320 g/mol. The Labute approximate surface area is 136 Å². The first-order valence-corrected chi connectivity index (χ1v) is 8.09. The molecule has 7 heteroatoms. The molecule has 2 fully saturated rings. The Hall–Kier alpha value is -1.70. The summed E-state index contributed by atoms with van der Waals surface area (Å²) in [7, 11) is 0. The van der Waals surface area contributed by atoms with E-state index in [4.69, 9.17) is 10.5 Å². The first-order valence-electron chi connectivity index (χ1n) is 8.09. The van der Waals surface area contributed by atoms with Gasteiger partial charge in [0.2, 0.25) is 0 Å². The number of nitrogens with two attached hydrogens (primary N) is 1. The minimum absolute atomic E-state index is 0.149. The van der Waals surface area contributed by atoms with Crippen molar-refractivity contribution < 1.29 is 14.6 Å². The maximum atomic E-state index is 12.7. The van der Waals surface area contributed by atoms with E-state index in [1.54, 1.807) is 17.0 Å². The number of ether oxygens (including phenoxy) is 1. The minimum atomic E-state index is -1.03. The summed E-state index contributed by atoms with van der Waals surface area (Å²) in [6.07, 6.45) is 3.85. The number of rotatable bonds is 3. The number of carbonyl (C=O) groups is 1. The largest absolute Gasteiger partial charge is 0.384 e. The van der Waals surface area contributed by atoms with Gasteiger partial charge >= 0.3 is 0 Å². The third-order valence-electron chi connectivity index (χ3n) is 4.39. The Kier molecular flexibility index (Phi) is 4.79. The van der Waals surface area contributed by atoms with Crippen LogP contribution in [0.2, 0.25) is 0 Å². The number of β-amino-alcohol motifs (C(OH)–C–C–N with tert-alkyl or cyclic N) is 1. The summed E-state index contributed by atoms with van der Waals surface area (Å²) < 4.78 is 5.55. The zero-order chi connectivity index (χ0) is 16.3. The molecule has 0 bridgehead atoms. The Morgan fingerprint density at radius 3 is 2.91 bits per heavy atom. The van der Waals surface area contributed by atoms with Gasteiger partial charge < -0.3 is 25.4 Å². The second-order valence-electron chi connectivity index (χ2n) is 6.46. The highest BCUT2D eigenvalue weighted by molar-refractivity contribution is 5.94. The molecule has 1 aromatic heterocycles. The smallest absolute Gasteiger partial charge is 0.254 e. The number of likely N-dealkylation sites (tertiary alicyclic amines) is 1. The van der Waals surface area contributed by atoms with E-state index in [9.17, 15) is 9.90 Å². The van der Waals surface area contributed by atoms with Gasteiger partial charge in [-0.2, -0.15) is 0 Å². The number of nitrogen functional groups attached to an aromatic ring is 1. The van der Waals surface area contributed by atoms with Gasteiger partial charge in [-0.15, -0.1) is 0 Å². The fraction of sp³-hybridized carbons (Fsp3) is 0.625. The molecule has 126 valence electrons. The summed E-state index contributed by atoms with van der Waals surface area (Å²) in [5.74, 6) is 0.165. The number of pyridine rings is 1. The molecule has 3 N–H and O–H groups in total. The Balaban J connectivity index is 1.72. The summed E-state index contributed by atoms with van der Waals surface area (Å²) in [4.78, 5) is 20.5. The molecule has 0 saturated carbocycles. The van der Waals surface area contributed by atoms with Crippen LogP contribution < -0.4 is 5.73 Å². The van der Waals surface area contributed by atoms with Gasteiger partial charge in [-0.3, -0.25) is 4.79 Å². The number of hydrogen-bond donors (Lipinski definition) is 2. The number of carbonyl (C=O) groups excluding carboxylic acids is 1. The summed E-state index contributed by atoms with van der Waals surface area (Å²) in [5, 5.41) is 10.9. The van der Waals surface area contributed by atoms with Crippen LogP contribution in [0.25, 0.3) is 0 Å². The van der Waals surface area contributed by atoms with E-state index in [0.717, 1.165) is 25.9 Å². The lowest BCUT2D eigenvalue weighted by Crippen LogP contribution is -2.53. The summed E-state index contributed by atoms with van der Waals surface area (Å²) in [6.45, 7) is 3.94. The van der Waals surface area contributed by atoms with Gasteiger partial charge in [0.05, 0.1) is 19.8 Å². The van der Waals surface area contributed by atoms with Crippen molar-refractivity contribution >= 4 is 11.7 Å². The van der Waals surface area contributed by atoms with Gasteiger partial charge in [0.25, 0.3) is 5.91 Å². The highest BCUT2D eigenvalue weighted by atomic mass is 16.5. The molecule has 2 saturated heterocycles. The number of hydrogen-bond acceptors (Lipinski definition) is 6. The van der Waals surface area contributed by atoms with Crippen molar-refractivity contribution in [1.82, 2.24) is 14.8 Å². The van der Waals surface area contributed by atoms with Crippen LogP contribution >= 0.6 is 0 Å². The third-order valence-corrected chi connectivity index (χ3v) is 4.39. The van der Waals surface area contributed by atoms with Crippen LogP contribution in [0.5, 0.6) is 0 Å². The van der Waals surface area contributed by atoms with Gasteiger partial charge in [0.1, 0.15) is 11.4 Å². The van der Waals surface area contributed by atoms with Gasteiger partial charge in [-0.25, -0.2) is 4.98 Å². The van der Waals surface area contributed by atoms with Gasteiger partial charge in [-0.1, -0.05) is 0 Å². The molecule has 3 heterocycles. The maximum absolute atomic E-state index is 12.7. The van der Waals surface area contributed by atoms with Gasteiger partial charge in [0.15, 0.2) is 0 Å². The summed E-state index contributed by atoms with van der Waals surface area (Å²) >= 11 is 0. The lowest BCUT2D eigenvalue weighted by molar-refractivity contribution is -0.0524. The van der Waals surface area contributed by atoms with Crippen molar-refractivity contribution in [1.29, 1.82) is 0 Å². The van der Waals surface area contributed by atoms with Crippen LogP contribution in [0.3, 0.4) is 0 Å². The molecule has 1 atom stereocenters. The van der Waals surface area contributed by atoms with Crippen LogP contribution in [0.1, 0.15) is 23.2 Å². The van der Waals surface area contributed by atoms with Crippen LogP contribution in [0, 0.1) is 0 Å². The van der Waals surface area contributed by atoms with Crippen LogP contribution in [-0.4, -0.2) is 77.3 Å².